The van der Waals surface area contributed by atoms with Gasteiger partial charge in [-0.3, -0.25) is 0 Å². The van der Waals surface area contributed by atoms with Crippen LogP contribution in [0.1, 0.15) is 27.2 Å². The Labute approximate surface area is 61.3 Å². The predicted octanol–water partition coefficient (Wildman–Crippen LogP) is 0.966. The summed E-state index contributed by atoms with van der Waals surface area (Å²) in [6.07, 6.45) is 1.29. The fourth-order valence-electron chi connectivity index (χ4n) is 1.16. The molecule has 0 aliphatic rings. The van der Waals surface area contributed by atoms with E-state index in [2.05, 4.69) is 20.8 Å². The van der Waals surface area contributed by atoms with E-state index < -0.39 is 0 Å². The van der Waals surface area contributed by atoms with E-state index in [1.165, 1.54) is 6.42 Å². The molecule has 0 aliphatic heterocycles. The summed E-state index contributed by atoms with van der Waals surface area (Å²) in [4.78, 5) is 0. The van der Waals surface area contributed by atoms with Gasteiger partial charge in [-0.05, 0) is 18.3 Å². The van der Waals surface area contributed by atoms with Crippen LogP contribution in [0.25, 0.3) is 0 Å². The van der Waals surface area contributed by atoms with Gasteiger partial charge in [-0.2, -0.15) is 0 Å². The van der Waals surface area contributed by atoms with E-state index in [4.69, 9.17) is 4.43 Å². The van der Waals surface area contributed by atoms with Gasteiger partial charge in [0.1, 0.15) is 10.5 Å². The van der Waals surface area contributed by atoms with Crippen molar-refractivity contribution >= 4 is 10.5 Å². The van der Waals surface area contributed by atoms with Gasteiger partial charge in [-0.25, -0.2) is 0 Å². The van der Waals surface area contributed by atoms with Crippen LogP contribution in [0.15, 0.2) is 0 Å². The van der Waals surface area contributed by atoms with Crippen LogP contribution in [-0.2, 0) is 4.43 Å². The average Bonchev–Trinajstić information content (AvgIpc) is 1.63. The Morgan fingerprint density at radius 2 is 1.89 bits per heavy atom. The van der Waals surface area contributed by atoms with E-state index in [1.807, 2.05) is 0 Å². The minimum absolute atomic E-state index is 0.752. The maximum absolute atomic E-state index is 5.14. The van der Waals surface area contributed by atoms with Gasteiger partial charge in [0.05, 0.1) is 0 Å². The Bertz CT molecular complexity index is 63.9. The molecule has 0 aromatic heterocycles. The van der Waals surface area contributed by atoms with Gasteiger partial charge in [0.15, 0.2) is 0 Å². The summed E-state index contributed by atoms with van der Waals surface area (Å²) in [5, 5.41) is 0. The molecule has 0 fully saturated rings. The van der Waals surface area contributed by atoms with Gasteiger partial charge in [-0.15, -0.1) is 0 Å². The minimum atomic E-state index is 0.752. The molecule has 0 aliphatic carbocycles. The fraction of sp³-hybridized carbons (Fsp3) is 1.00. The Morgan fingerprint density at radius 1 is 1.33 bits per heavy atom. The van der Waals surface area contributed by atoms with Crippen molar-refractivity contribution in [3.8, 4) is 0 Å². The first-order valence-corrected chi connectivity index (χ1v) is 4.47. The molecule has 1 atom stereocenters. The Balaban J connectivity index is 3.15. The second-order valence-electron chi connectivity index (χ2n) is 3.19. The molecule has 0 heterocycles. The van der Waals surface area contributed by atoms with E-state index in [-0.39, 0.29) is 0 Å². The van der Waals surface area contributed by atoms with Crippen molar-refractivity contribution in [1.82, 2.24) is 0 Å². The van der Waals surface area contributed by atoms with Crippen molar-refractivity contribution in [3.05, 3.63) is 0 Å². The van der Waals surface area contributed by atoms with Gasteiger partial charge in [-0.1, -0.05) is 20.8 Å². The average molecular weight is 146 g/mol. The van der Waals surface area contributed by atoms with E-state index in [9.17, 15) is 0 Å². The molecular formula is C7H18OSi. The lowest BCUT2D eigenvalue weighted by Crippen LogP contribution is -2.06. The summed E-state index contributed by atoms with van der Waals surface area (Å²) in [5.74, 6) is 1.57. The van der Waals surface area contributed by atoms with Crippen LogP contribution in [0.3, 0.4) is 0 Å². The monoisotopic (exact) mass is 146 g/mol. The lowest BCUT2D eigenvalue weighted by molar-refractivity contribution is 0.257. The van der Waals surface area contributed by atoms with Crippen LogP contribution in [0.4, 0.5) is 0 Å². The molecule has 0 spiro atoms. The molecule has 1 unspecified atom stereocenters. The zero-order chi connectivity index (χ0) is 7.28. The Morgan fingerprint density at radius 3 is 2.22 bits per heavy atom. The van der Waals surface area contributed by atoms with Crippen molar-refractivity contribution in [1.29, 1.82) is 0 Å². The zero-order valence-electron chi connectivity index (χ0n) is 6.98. The predicted molar refractivity (Wildman–Crippen MR) is 44.5 cm³/mol. The third kappa shape index (κ3) is 6.06. The van der Waals surface area contributed by atoms with Gasteiger partial charge < -0.3 is 4.43 Å². The number of hydrogen-bond acceptors (Lipinski definition) is 1. The summed E-state index contributed by atoms with van der Waals surface area (Å²) in [6, 6.07) is 0. The molecule has 0 N–H and O–H groups in total. The topological polar surface area (TPSA) is 9.23 Å². The second-order valence-corrected chi connectivity index (χ2v) is 3.77. The second kappa shape index (κ2) is 5.00. The summed E-state index contributed by atoms with van der Waals surface area (Å²) in [5.41, 5.74) is 0. The van der Waals surface area contributed by atoms with E-state index in [0.717, 1.165) is 28.9 Å². The van der Waals surface area contributed by atoms with Crippen LogP contribution in [0.2, 0.25) is 0 Å². The van der Waals surface area contributed by atoms with Crippen LogP contribution in [0.5, 0.6) is 0 Å². The maximum atomic E-state index is 5.14. The van der Waals surface area contributed by atoms with Gasteiger partial charge in [0.2, 0.25) is 0 Å². The largest absolute Gasteiger partial charge is 0.428 e. The quantitative estimate of drug-likeness (QED) is 0.537. The summed E-state index contributed by atoms with van der Waals surface area (Å²) in [6.45, 7) is 7.72. The molecular weight excluding hydrogens is 128 g/mol. The van der Waals surface area contributed by atoms with Gasteiger partial charge in [0.25, 0.3) is 0 Å². The highest BCUT2D eigenvalue weighted by atomic mass is 28.2. The first-order valence-electron chi connectivity index (χ1n) is 3.65. The standard InChI is InChI=1S/C7H18OSi/c1-6(2)4-7(3)5-8-9/h6-7H,4-5H2,1-3,9H3. The van der Waals surface area contributed by atoms with Crippen molar-refractivity contribution < 1.29 is 4.43 Å². The lowest BCUT2D eigenvalue weighted by atomic mass is 10.0. The van der Waals surface area contributed by atoms with Gasteiger partial charge in [0, 0.05) is 6.61 Å². The number of rotatable bonds is 4. The van der Waals surface area contributed by atoms with Crippen LogP contribution in [-0.4, -0.2) is 17.1 Å². The number of hydrogen-bond donors (Lipinski definition) is 0. The van der Waals surface area contributed by atoms with E-state index in [0.29, 0.717) is 0 Å². The molecule has 1 nitrogen and oxygen atoms in total. The zero-order valence-corrected chi connectivity index (χ0v) is 8.98. The third-order valence-electron chi connectivity index (χ3n) is 1.32. The normalized spacial score (nSPS) is 14.7. The molecule has 56 valence electrons. The van der Waals surface area contributed by atoms with Crippen LogP contribution < -0.4 is 0 Å². The molecule has 2 heteroatoms. The van der Waals surface area contributed by atoms with E-state index >= 15 is 0 Å². The Hall–Kier alpha value is 0.177. The van der Waals surface area contributed by atoms with Gasteiger partial charge >= 0.3 is 0 Å². The summed E-state index contributed by atoms with van der Waals surface area (Å²) < 4.78 is 5.14. The first-order chi connectivity index (χ1) is 4.16. The smallest absolute Gasteiger partial charge is 0.145 e. The summed E-state index contributed by atoms with van der Waals surface area (Å²) >= 11 is 0. The highest BCUT2D eigenvalue weighted by Crippen LogP contribution is 2.09. The highest BCUT2D eigenvalue weighted by Gasteiger charge is 2.02. The summed E-state index contributed by atoms with van der Waals surface area (Å²) in [7, 11) is 0.887. The first kappa shape index (κ1) is 9.18. The SMILES string of the molecule is CC(C)CC(C)CO[SiH3]. The maximum Gasteiger partial charge on any atom is 0.145 e. The molecule has 0 saturated heterocycles. The lowest BCUT2D eigenvalue weighted by Gasteiger charge is -2.11. The van der Waals surface area contributed by atoms with Crippen molar-refractivity contribution in [3.63, 3.8) is 0 Å². The Kier molecular flexibility index (Phi) is 5.10. The molecule has 0 aromatic rings. The molecule has 0 rings (SSSR count). The molecule has 0 radical (unpaired) electrons. The molecule has 0 aromatic carbocycles. The fourth-order valence-corrected chi connectivity index (χ4v) is 1.73. The van der Waals surface area contributed by atoms with E-state index in [1.54, 1.807) is 0 Å². The van der Waals surface area contributed by atoms with Crippen molar-refractivity contribution in [2.75, 3.05) is 6.61 Å². The highest BCUT2D eigenvalue weighted by molar-refractivity contribution is 5.97. The van der Waals surface area contributed by atoms with Crippen LogP contribution >= 0.6 is 0 Å². The van der Waals surface area contributed by atoms with Crippen molar-refractivity contribution in [2.24, 2.45) is 11.8 Å². The minimum Gasteiger partial charge on any atom is -0.428 e. The third-order valence-corrected chi connectivity index (χ3v) is 1.66. The molecule has 0 saturated carbocycles. The molecule has 9 heavy (non-hydrogen) atoms. The van der Waals surface area contributed by atoms with Crippen molar-refractivity contribution in [2.45, 2.75) is 27.2 Å². The molecule has 0 amide bonds. The molecule has 0 bridgehead atoms. The van der Waals surface area contributed by atoms with Crippen LogP contribution in [0, 0.1) is 11.8 Å².